The molecule has 0 saturated heterocycles. The van der Waals surface area contributed by atoms with Crippen LogP contribution in [0.3, 0.4) is 0 Å². The molecule has 1 amide bonds. The van der Waals surface area contributed by atoms with E-state index < -0.39 is 0 Å². The number of hydrogen-bond acceptors (Lipinski definition) is 3. The third-order valence-corrected chi connectivity index (χ3v) is 2.11. The molecule has 0 unspecified atom stereocenters. The predicted molar refractivity (Wildman–Crippen MR) is 66.2 cm³/mol. The van der Waals surface area contributed by atoms with Crippen LogP contribution in [0.1, 0.15) is 30.6 Å². The Bertz CT molecular complexity index is 346. The van der Waals surface area contributed by atoms with Crippen molar-refractivity contribution in [3.05, 3.63) is 29.8 Å². The van der Waals surface area contributed by atoms with Crippen LogP contribution in [-0.2, 0) is 0 Å². The summed E-state index contributed by atoms with van der Waals surface area (Å²) in [5.74, 6) is 0.626. The standard InChI is InChI=1S/C13H19NO3/c1-10(2)17-12-6-4-11(5-7-12)13(16)14-8-3-9-15/h4-7,10,15H,3,8-9H2,1-2H3,(H,14,16). The monoisotopic (exact) mass is 237 g/mol. The van der Waals surface area contributed by atoms with E-state index in [9.17, 15) is 4.79 Å². The summed E-state index contributed by atoms with van der Waals surface area (Å²) in [7, 11) is 0. The number of ether oxygens (including phenoxy) is 1. The third kappa shape index (κ3) is 4.87. The van der Waals surface area contributed by atoms with E-state index >= 15 is 0 Å². The number of benzene rings is 1. The lowest BCUT2D eigenvalue weighted by Gasteiger charge is -2.10. The second-order valence-corrected chi connectivity index (χ2v) is 4.02. The molecule has 1 rings (SSSR count). The number of amides is 1. The molecule has 0 heterocycles. The second-order valence-electron chi connectivity index (χ2n) is 4.02. The van der Waals surface area contributed by atoms with E-state index in [0.29, 0.717) is 18.5 Å². The van der Waals surface area contributed by atoms with Gasteiger partial charge in [0.15, 0.2) is 0 Å². The molecule has 0 aromatic heterocycles. The van der Waals surface area contributed by atoms with E-state index in [-0.39, 0.29) is 18.6 Å². The van der Waals surface area contributed by atoms with Crippen molar-refractivity contribution in [2.24, 2.45) is 0 Å². The Morgan fingerprint density at radius 2 is 2.00 bits per heavy atom. The van der Waals surface area contributed by atoms with Gasteiger partial charge in [0.2, 0.25) is 0 Å². The van der Waals surface area contributed by atoms with Crippen LogP contribution in [0.2, 0.25) is 0 Å². The van der Waals surface area contributed by atoms with Gasteiger partial charge in [0.1, 0.15) is 5.75 Å². The molecule has 17 heavy (non-hydrogen) atoms. The van der Waals surface area contributed by atoms with Crippen LogP contribution < -0.4 is 10.1 Å². The summed E-state index contributed by atoms with van der Waals surface area (Å²) in [4.78, 5) is 11.6. The molecule has 1 aromatic rings. The summed E-state index contributed by atoms with van der Waals surface area (Å²) in [6, 6.07) is 7.01. The summed E-state index contributed by atoms with van der Waals surface area (Å²) >= 11 is 0. The maximum atomic E-state index is 11.6. The first kappa shape index (κ1) is 13.5. The van der Waals surface area contributed by atoms with Crippen molar-refractivity contribution in [3.8, 4) is 5.75 Å². The highest BCUT2D eigenvalue weighted by molar-refractivity contribution is 5.94. The molecule has 0 aliphatic carbocycles. The first-order valence-electron chi connectivity index (χ1n) is 5.79. The molecule has 0 fully saturated rings. The number of carbonyl (C=O) groups is 1. The smallest absolute Gasteiger partial charge is 0.251 e. The van der Waals surface area contributed by atoms with Crippen LogP contribution >= 0.6 is 0 Å². The van der Waals surface area contributed by atoms with Gasteiger partial charge in [0.05, 0.1) is 6.10 Å². The zero-order chi connectivity index (χ0) is 12.7. The molecule has 0 atom stereocenters. The van der Waals surface area contributed by atoms with Gasteiger partial charge in [-0.1, -0.05) is 0 Å². The van der Waals surface area contributed by atoms with Crippen molar-refractivity contribution in [1.82, 2.24) is 5.32 Å². The molecule has 4 heteroatoms. The lowest BCUT2D eigenvalue weighted by molar-refractivity contribution is 0.0951. The molecule has 4 nitrogen and oxygen atoms in total. The molecular formula is C13H19NO3. The molecule has 0 spiro atoms. The van der Waals surface area contributed by atoms with Gasteiger partial charge in [-0.15, -0.1) is 0 Å². The number of rotatable bonds is 6. The van der Waals surface area contributed by atoms with Crippen molar-refractivity contribution in [2.75, 3.05) is 13.2 Å². The zero-order valence-corrected chi connectivity index (χ0v) is 10.3. The Morgan fingerprint density at radius 1 is 1.35 bits per heavy atom. The quantitative estimate of drug-likeness (QED) is 0.739. The summed E-state index contributed by atoms with van der Waals surface area (Å²) in [5, 5.41) is 11.3. The highest BCUT2D eigenvalue weighted by atomic mass is 16.5. The van der Waals surface area contributed by atoms with E-state index in [1.807, 2.05) is 13.8 Å². The van der Waals surface area contributed by atoms with Crippen molar-refractivity contribution >= 4 is 5.91 Å². The third-order valence-electron chi connectivity index (χ3n) is 2.11. The van der Waals surface area contributed by atoms with Crippen molar-refractivity contribution in [2.45, 2.75) is 26.4 Å². The van der Waals surface area contributed by atoms with Gasteiger partial charge in [-0.2, -0.15) is 0 Å². The summed E-state index contributed by atoms with van der Waals surface area (Å²) in [6.07, 6.45) is 0.694. The Hall–Kier alpha value is -1.55. The van der Waals surface area contributed by atoms with Crippen molar-refractivity contribution in [1.29, 1.82) is 0 Å². The number of aliphatic hydroxyl groups is 1. The maximum Gasteiger partial charge on any atom is 0.251 e. The largest absolute Gasteiger partial charge is 0.491 e. The Balaban J connectivity index is 2.52. The first-order valence-corrected chi connectivity index (χ1v) is 5.79. The molecule has 94 valence electrons. The fourth-order valence-electron chi connectivity index (χ4n) is 1.34. The number of hydrogen-bond donors (Lipinski definition) is 2. The van der Waals surface area contributed by atoms with Crippen LogP contribution in [-0.4, -0.2) is 30.3 Å². The van der Waals surface area contributed by atoms with Crippen LogP contribution in [0.5, 0.6) is 5.75 Å². The minimum Gasteiger partial charge on any atom is -0.491 e. The van der Waals surface area contributed by atoms with E-state index in [4.69, 9.17) is 9.84 Å². The highest BCUT2D eigenvalue weighted by Gasteiger charge is 2.05. The van der Waals surface area contributed by atoms with Gasteiger partial charge in [0.25, 0.3) is 5.91 Å². The normalized spacial score (nSPS) is 10.4. The lowest BCUT2D eigenvalue weighted by Crippen LogP contribution is -2.24. The minimum atomic E-state index is -0.130. The molecule has 0 saturated carbocycles. The van der Waals surface area contributed by atoms with Crippen LogP contribution in [0.25, 0.3) is 0 Å². The predicted octanol–water partition coefficient (Wildman–Crippen LogP) is 1.59. The van der Waals surface area contributed by atoms with Gasteiger partial charge in [-0.05, 0) is 44.5 Å². The lowest BCUT2D eigenvalue weighted by atomic mass is 10.2. The maximum absolute atomic E-state index is 11.6. The fraction of sp³-hybridized carbons (Fsp3) is 0.462. The fourth-order valence-corrected chi connectivity index (χ4v) is 1.34. The summed E-state index contributed by atoms with van der Waals surface area (Å²) in [6.45, 7) is 4.48. The Labute approximate surface area is 102 Å². The van der Waals surface area contributed by atoms with Gasteiger partial charge in [-0.3, -0.25) is 4.79 Å². The van der Waals surface area contributed by atoms with E-state index in [1.165, 1.54) is 0 Å². The minimum absolute atomic E-state index is 0.0848. The average molecular weight is 237 g/mol. The van der Waals surface area contributed by atoms with E-state index in [0.717, 1.165) is 5.75 Å². The topological polar surface area (TPSA) is 58.6 Å². The van der Waals surface area contributed by atoms with Gasteiger partial charge >= 0.3 is 0 Å². The highest BCUT2D eigenvalue weighted by Crippen LogP contribution is 2.13. The number of nitrogens with one attached hydrogen (secondary N) is 1. The van der Waals surface area contributed by atoms with Gasteiger partial charge in [-0.25, -0.2) is 0 Å². The number of carbonyl (C=O) groups excluding carboxylic acids is 1. The average Bonchev–Trinajstić information content (AvgIpc) is 2.29. The summed E-state index contributed by atoms with van der Waals surface area (Å²) in [5.41, 5.74) is 0.596. The summed E-state index contributed by atoms with van der Waals surface area (Å²) < 4.78 is 5.48. The van der Waals surface area contributed by atoms with Gasteiger partial charge in [0, 0.05) is 18.7 Å². The van der Waals surface area contributed by atoms with Crippen molar-refractivity contribution in [3.63, 3.8) is 0 Å². The Morgan fingerprint density at radius 3 is 2.53 bits per heavy atom. The molecular weight excluding hydrogens is 218 g/mol. The van der Waals surface area contributed by atoms with E-state index in [1.54, 1.807) is 24.3 Å². The molecule has 0 bridgehead atoms. The van der Waals surface area contributed by atoms with Crippen LogP contribution in [0.15, 0.2) is 24.3 Å². The molecule has 1 aromatic carbocycles. The molecule has 2 N–H and O–H groups in total. The zero-order valence-electron chi connectivity index (χ0n) is 10.3. The van der Waals surface area contributed by atoms with E-state index in [2.05, 4.69) is 5.32 Å². The molecule has 0 radical (unpaired) electrons. The van der Waals surface area contributed by atoms with Crippen LogP contribution in [0, 0.1) is 0 Å². The van der Waals surface area contributed by atoms with Gasteiger partial charge < -0.3 is 15.2 Å². The van der Waals surface area contributed by atoms with Crippen molar-refractivity contribution < 1.29 is 14.6 Å². The molecule has 0 aliphatic heterocycles. The van der Waals surface area contributed by atoms with Crippen LogP contribution in [0.4, 0.5) is 0 Å². The number of aliphatic hydroxyl groups excluding tert-OH is 1. The Kier molecular flexibility index (Phi) is 5.49. The molecule has 0 aliphatic rings. The first-order chi connectivity index (χ1) is 8.13. The SMILES string of the molecule is CC(C)Oc1ccc(C(=O)NCCCO)cc1. The second kappa shape index (κ2) is 6.91.